The minimum absolute atomic E-state index is 0.0280. The van der Waals surface area contributed by atoms with Gasteiger partial charge in [-0.05, 0) is 89.2 Å². The lowest BCUT2D eigenvalue weighted by Crippen LogP contribution is -2.34. The van der Waals surface area contributed by atoms with Gasteiger partial charge < -0.3 is 5.11 Å². The van der Waals surface area contributed by atoms with Crippen molar-refractivity contribution in [3.63, 3.8) is 0 Å². The molecule has 48 heavy (non-hydrogen) atoms. The molecule has 1 heterocycles. The molecule has 6 heteroatoms. The van der Waals surface area contributed by atoms with Crippen LogP contribution in [0.1, 0.15) is 114 Å². The fraction of sp³-hybridized carbons (Fsp3) is 0.500. The Morgan fingerprint density at radius 2 is 2.00 bits per heavy atom. The van der Waals surface area contributed by atoms with Gasteiger partial charge in [-0.1, -0.05) is 86.6 Å². The van der Waals surface area contributed by atoms with Crippen LogP contribution in [0.5, 0.6) is 0 Å². The van der Waals surface area contributed by atoms with E-state index in [4.69, 9.17) is 11.7 Å². The summed E-state index contributed by atoms with van der Waals surface area (Å²) < 4.78 is 2.03. The van der Waals surface area contributed by atoms with Crippen molar-refractivity contribution in [2.24, 2.45) is 17.3 Å². The average molecular weight is 647 g/mol. The molecular formula is C42H52N3O3+. The summed E-state index contributed by atoms with van der Waals surface area (Å²) in [5.74, 6) is 5.23. The van der Waals surface area contributed by atoms with Gasteiger partial charge in [-0.3, -0.25) is 4.79 Å². The maximum atomic E-state index is 13.6. The third-order valence-corrected chi connectivity index (χ3v) is 10.4. The molecule has 6 nitrogen and oxygen atoms in total. The van der Waals surface area contributed by atoms with Gasteiger partial charge in [-0.15, -0.1) is 5.73 Å². The highest BCUT2D eigenvalue weighted by Crippen LogP contribution is 2.41. The van der Waals surface area contributed by atoms with Gasteiger partial charge in [0.25, 0.3) is 6.57 Å². The maximum Gasteiger partial charge on any atom is 0.524 e. The van der Waals surface area contributed by atoms with E-state index < -0.39 is 17.4 Å². The van der Waals surface area contributed by atoms with Crippen LogP contribution < -0.4 is 0 Å². The van der Waals surface area contributed by atoms with Crippen molar-refractivity contribution in [2.45, 2.75) is 116 Å². The fourth-order valence-electron chi connectivity index (χ4n) is 7.57. The summed E-state index contributed by atoms with van der Waals surface area (Å²) in [5.41, 5.74) is 8.43. The molecule has 3 aliphatic carbocycles. The Labute approximate surface area is 287 Å². The number of Topliss-reactive ketones (excluding diaryl/α,β-unsaturated/α-hetero) is 1. The second-order valence-corrected chi connectivity index (χ2v) is 13.7. The number of carbonyl (C=O) groups excluding carboxylic acids is 2. The van der Waals surface area contributed by atoms with Crippen molar-refractivity contribution in [1.82, 2.24) is 9.78 Å². The summed E-state index contributed by atoms with van der Waals surface area (Å²) in [6.45, 7) is 17.1. The van der Waals surface area contributed by atoms with Gasteiger partial charge in [0.05, 0.1) is 17.5 Å². The highest BCUT2D eigenvalue weighted by molar-refractivity contribution is 5.94. The fourth-order valence-corrected chi connectivity index (χ4v) is 7.57. The first-order valence-electron chi connectivity index (χ1n) is 17.7. The second kappa shape index (κ2) is 17.8. The Bertz CT molecular complexity index is 1640. The number of ketones is 1. The number of carbonyl (C=O) groups is 2. The average Bonchev–Trinajstić information content (AvgIpc) is 3.27. The number of aromatic nitrogens is 2. The quantitative estimate of drug-likeness (QED) is 0.132. The lowest BCUT2D eigenvalue weighted by atomic mass is 9.75. The monoisotopic (exact) mass is 646 g/mol. The van der Waals surface area contributed by atoms with E-state index in [0.717, 1.165) is 74.0 Å². The second-order valence-electron chi connectivity index (χ2n) is 13.7. The lowest BCUT2D eigenvalue weighted by Gasteiger charge is -2.30. The molecule has 252 valence electrons. The number of aryl methyl sites for hydroxylation is 1. The SMILES string of the molecule is C#[N+]C(=O)C1(/C=C(\CC#CC=C)CC(=O)[C@@H](C)[C@@H](O)C2CCCCC2)CCC=C(CCc2c(C)nn(C3=CC=CCC3)c2C=C=C)CC1. The van der Waals surface area contributed by atoms with Crippen LogP contribution in [0.15, 0.2) is 66.5 Å². The van der Waals surface area contributed by atoms with Crippen LogP contribution in [0.2, 0.25) is 0 Å². The van der Waals surface area contributed by atoms with Crippen molar-refractivity contribution < 1.29 is 14.7 Å². The molecule has 1 amide bonds. The number of amides is 1. The molecule has 0 radical (unpaired) electrons. The minimum atomic E-state index is -0.928. The van der Waals surface area contributed by atoms with E-state index in [0.29, 0.717) is 32.1 Å². The molecule has 1 unspecified atom stereocenters. The van der Waals surface area contributed by atoms with Crippen molar-refractivity contribution in [3.8, 4) is 18.4 Å². The van der Waals surface area contributed by atoms with Crippen molar-refractivity contribution in [3.05, 3.63) is 88.3 Å². The van der Waals surface area contributed by atoms with Gasteiger partial charge in [0.1, 0.15) is 11.2 Å². The maximum absolute atomic E-state index is 13.6. The zero-order chi connectivity index (χ0) is 34.5. The molecular weight excluding hydrogens is 594 g/mol. The van der Waals surface area contributed by atoms with Crippen LogP contribution in [-0.2, 0) is 16.0 Å². The van der Waals surface area contributed by atoms with E-state index >= 15 is 0 Å². The summed E-state index contributed by atoms with van der Waals surface area (Å²) in [6.07, 6.45) is 25.2. The molecule has 0 spiro atoms. The Morgan fingerprint density at radius 3 is 2.69 bits per heavy atom. The van der Waals surface area contributed by atoms with Crippen molar-refractivity contribution >= 4 is 23.5 Å². The van der Waals surface area contributed by atoms with E-state index in [9.17, 15) is 14.7 Å². The van der Waals surface area contributed by atoms with E-state index in [1.165, 1.54) is 23.6 Å². The molecule has 1 saturated carbocycles. The number of allylic oxidation sites excluding steroid dienone is 8. The van der Waals surface area contributed by atoms with Crippen LogP contribution in [0.4, 0.5) is 0 Å². The van der Waals surface area contributed by atoms with Gasteiger partial charge in [0, 0.05) is 40.9 Å². The van der Waals surface area contributed by atoms with Crippen LogP contribution in [0.3, 0.4) is 0 Å². The molecule has 3 atom stereocenters. The first-order valence-corrected chi connectivity index (χ1v) is 17.7. The summed E-state index contributed by atoms with van der Waals surface area (Å²) in [6, 6.07) is 0. The number of aliphatic hydroxyl groups is 1. The standard InChI is InChI=1S/C42H52N3O3/c1-6-8-11-18-34(29-39(46)31(3)40(47)35-20-12-9-13-21-35)30-42(41(48)43-5)27-16-19-33(26-28-42)24-25-37-32(4)44-45(38(37)17-7-2)36-22-14-10-15-23-36/h5-6,10,14,17,19,22,30-31,35,40,47H,1-2,9,12-13,15-16,18,20-21,23-29H2,3-4H3/q+1/b34-30+/t31-,40-,42?/m1/s1. The summed E-state index contributed by atoms with van der Waals surface area (Å²) in [4.78, 5) is 30.7. The smallest absolute Gasteiger partial charge is 0.392 e. The lowest BCUT2D eigenvalue weighted by molar-refractivity contribution is -0.127. The first-order chi connectivity index (χ1) is 23.2. The molecule has 1 aromatic rings. The Kier molecular flexibility index (Phi) is 13.6. The predicted molar refractivity (Wildman–Crippen MR) is 196 cm³/mol. The molecule has 0 bridgehead atoms. The molecule has 1 fully saturated rings. The Balaban J connectivity index is 1.52. The van der Waals surface area contributed by atoms with E-state index in [1.54, 1.807) is 0 Å². The Morgan fingerprint density at radius 1 is 1.21 bits per heavy atom. The largest absolute Gasteiger partial charge is 0.524 e. The van der Waals surface area contributed by atoms with E-state index in [-0.39, 0.29) is 24.0 Å². The topological polar surface area (TPSA) is 76.6 Å². The zero-order valence-corrected chi connectivity index (χ0v) is 29.0. The summed E-state index contributed by atoms with van der Waals surface area (Å²) in [7, 11) is 0. The number of hydrogen-bond donors (Lipinski definition) is 1. The molecule has 0 saturated heterocycles. The molecule has 1 aromatic heterocycles. The minimum Gasteiger partial charge on any atom is -0.392 e. The number of nitrogens with zero attached hydrogens (tertiary/aromatic N) is 3. The third-order valence-electron chi connectivity index (χ3n) is 10.4. The number of rotatable bonds is 13. The van der Waals surface area contributed by atoms with Crippen LogP contribution in [0, 0.1) is 42.6 Å². The predicted octanol–water partition coefficient (Wildman–Crippen LogP) is 9.13. The number of hydrogen-bond acceptors (Lipinski definition) is 4. The molecule has 0 aliphatic heterocycles. The van der Waals surface area contributed by atoms with Gasteiger partial charge in [-0.25, -0.2) is 4.68 Å². The van der Waals surface area contributed by atoms with Crippen LogP contribution in [0.25, 0.3) is 16.6 Å². The number of aliphatic hydroxyl groups excluding tert-OH is 1. The van der Waals surface area contributed by atoms with Crippen LogP contribution >= 0.6 is 0 Å². The molecule has 1 N–H and O–H groups in total. The van der Waals surface area contributed by atoms with Crippen LogP contribution in [-0.4, -0.2) is 32.7 Å². The normalized spacial score (nSPS) is 21.2. The van der Waals surface area contributed by atoms with E-state index in [2.05, 4.69) is 66.8 Å². The zero-order valence-electron chi connectivity index (χ0n) is 29.0. The van der Waals surface area contributed by atoms with Gasteiger partial charge in [0.15, 0.2) is 0 Å². The van der Waals surface area contributed by atoms with Gasteiger partial charge in [-0.2, -0.15) is 9.89 Å². The van der Waals surface area contributed by atoms with Gasteiger partial charge in [0.2, 0.25) is 0 Å². The van der Waals surface area contributed by atoms with Gasteiger partial charge >= 0.3 is 5.91 Å². The summed E-state index contributed by atoms with van der Waals surface area (Å²) >= 11 is 0. The third kappa shape index (κ3) is 9.23. The van der Waals surface area contributed by atoms with E-state index in [1.807, 2.05) is 23.8 Å². The molecule has 3 aliphatic rings. The molecule has 4 rings (SSSR count). The van der Waals surface area contributed by atoms with Crippen molar-refractivity contribution in [2.75, 3.05) is 0 Å². The Hall–Kier alpha value is -4.22. The van der Waals surface area contributed by atoms with Crippen molar-refractivity contribution in [1.29, 1.82) is 0 Å². The first kappa shape index (κ1) is 36.6. The molecule has 0 aromatic carbocycles. The summed E-state index contributed by atoms with van der Waals surface area (Å²) in [5, 5.41) is 16.0. The highest BCUT2D eigenvalue weighted by atomic mass is 16.3. The highest BCUT2D eigenvalue weighted by Gasteiger charge is 2.45.